The summed E-state index contributed by atoms with van der Waals surface area (Å²) in [5.74, 6) is 0.0480. The number of hydrogen-bond donors (Lipinski definition) is 1. The molecule has 1 aliphatic rings. The summed E-state index contributed by atoms with van der Waals surface area (Å²) in [7, 11) is -3.29. The van der Waals surface area contributed by atoms with E-state index in [2.05, 4.69) is 9.71 Å². The van der Waals surface area contributed by atoms with Crippen molar-refractivity contribution in [3.8, 4) is 17.0 Å². The van der Waals surface area contributed by atoms with Crippen molar-refractivity contribution >= 4 is 21.6 Å². The normalized spacial score (nSPS) is 20.1. The summed E-state index contributed by atoms with van der Waals surface area (Å²) in [6, 6.07) is 7.87. The van der Waals surface area contributed by atoms with Gasteiger partial charge in [0.15, 0.2) is 5.82 Å². The van der Waals surface area contributed by atoms with E-state index in [1.165, 1.54) is 12.3 Å². The number of nitrogens with one attached hydrogen (secondary N) is 1. The number of aromatic nitrogens is 1. The first-order chi connectivity index (χ1) is 13.4. The maximum Gasteiger partial charge on any atom is 0.211 e. The van der Waals surface area contributed by atoms with Crippen molar-refractivity contribution < 1.29 is 22.3 Å². The Kier molecular flexibility index (Phi) is 6.87. The maximum atomic E-state index is 14.0. The molecule has 0 amide bonds. The topological polar surface area (TPSA) is 77.5 Å². The maximum absolute atomic E-state index is 14.0. The van der Waals surface area contributed by atoms with E-state index < -0.39 is 15.8 Å². The molecule has 0 spiro atoms. The van der Waals surface area contributed by atoms with Crippen LogP contribution in [-0.2, 0) is 14.8 Å². The van der Waals surface area contributed by atoms with Crippen LogP contribution >= 0.6 is 11.6 Å². The van der Waals surface area contributed by atoms with E-state index in [1.54, 1.807) is 31.2 Å². The first-order valence-corrected chi connectivity index (χ1v) is 11.0. The second kappa shape index (κ2) is 9.17. The average molecular weight is 429 g/mol. The van der Waals surface area contributed by atoms with Crippen molar-refractivity contribution in [2.45, 2.75) is 19.4 Å². The summed E-state index contributed by atoms with van der Waals surface area (Å²) in [6.07, 6.45) is 2.00. The van der Waals surface area contributed by atoms with E-state index in [9.17, 15) is 12.8 Å². The standard InChI is InChI=1S/C19H22ClFN2O4S/c1-2-28(24,25)23-18-7-8-26-11-14(18)12-27-16-5-3-13(4-6-16)19-17(21)9-15(20)10-22-19/h3-6,9-10,14,18,23H,2,7-8,11-12H2,1H3/t14-,18+/m1/s1. The minimum atomic E-state index is -3.29. The molecule has 2 atom stereocenters. The summed E-state index contributed by atoms with van der Waals surface area (Å²) in [6.45, 7) is 2.85. The van der Waals surface area contributed by atoms with Gasteiger partial charge in [-0.25, -0.2) is 17.5 Å². The lowest BCUT2D eigenvalue weighted by molar-refractivity contribution is 0.0186. The number of hydrogen-bond acceptors (Lipinski definition) is 5. The van der Waals surface area contributed by atoms with Gasteiger partial charge in [-0.1, -0.05) is 11.6 Å². The molecule has 0 radical (unpaired) electrons. The summed E-state index contributed by atoms with van der Waals surface area (Å²) in [5.41, 5.74) is 0.821. The van der Waals surface area contributed by atoms with Crippen molar-refractivity contribution in [2.75, 3.05) is 25.6 Å². The van der Waals surface area contributed by atoms with Gasteiger partial charge >= 0.3 is 0 Å². The molecule has 152 valence electrons. The fourth-order valence-electron chi connectivity index (χ4n) is 2.97. The third kappa shape index (κ3) is 5.41. The summed E-state index contributed by atoms with van der Waals surface area (Å²) >= 11 is 5.73. The van der Waals surface area contributed by atoms with Gasteiger partial charge in [-0.05, 0) is 43.7 Å². The first-order valence-electron chi connectivity index (χ1n) is 9.00. The Labute approximate surface area is 169 Å². The van der Waals surface area contributed by atoms with Crippen LogP contribution in [0.15, 0.2) is 36.5 Å². The molecule has 1 saturated heterocycles. The van der Waals surface area contributed by atoms with Crippen LogP contribution in [-0.4, -0.2) is 45.0 Å². The van der Waals surface area contributed by atoms with Gasteiger partial charge in [0.1, 0.15) is 11.4 Å². The lowest BCUT2D eigenvalue weighted by Gasteiger charge is -2.31. The quantitative estimate of drug-likeness (QED) is 0.732. The molecule has 0 unspecified atom stereocenters. The highest BCUT2D eigenvalue weighted by Gasteiger charge is 2.29. The molecule has 1 aromatic heterocycles. The molecule has 0 bridgehead atoms. The minimum absolute atomic E-state index is 0.0364. The number of nitrogens with zero attached hydrogens (tertiary/aromatic N) is 1. The number of rotatable bonds is 7. The highest BCUT2D eigenvalue weighted by Crippen LogP contribution is 2.25. The van der Waals surface area contributed by atoms with Gasteiger partial charge in [-0.3, -0.25) is 4.98 Å². The van der Waals surface area contributed by atoms with E-state index in [4.69, 9.17) is 21.1 Å². The van der Waals surface area contributed by atoms with Gasteiger partial charge in [0, 0.05) is 30.3 Å². The number of ether oxygens (including phenoxy) is 2. The highest BCUT2D eigenvalue weighted by atomic mass is 35.5. The zero-order valence-electron chi connectivity index (χ0n) is 15.4. The van der Waals surface area contributed by atoms with Crippen molar-refractivity contribution in [1.82, 2.24) is 9.71 Å². The molecule has 2 heterocycles. The first kappa shape index (κ1) is 21.0. The monoisotopic (exact) mass is 428 g/mol. The molecule has 1 N–H and O–H groups in total. The van der Waals surface area contributed by atoms with Gasteiger partial charge in [0.05, 0.1) is 24.0 Å². The SMILES string of the molecule is CCS(=O)(=O)N[C@H]1CCOC[C@@H]1COc1ccc(-c2ncc(Cl)cc2F)cc1. The predicted molar refractivity (Wildman–Crippen MR) is 105 cm³/mol. The van der Waals surface area contributed by atoms with Crippen LogP contribution in [0.1, 0.15) is 13.3 Å². The van der Waals surface area contributed by atoms with Gasteiger partial charge in [-0.15, -0.1) is 0 Å². The Morgan fingerprint density at radius 3 is 2.79 bits per heavy atom. The minimum Gasteiger partial charge on any atom is -0.493 e. The van der Waals surface area contributed by atoms with Crippen LogP contribution in [0, 0.1) is 11.7 Å². The van der Waals surface area contributed by atoms with Gasteiger partial charge in [-0.2, -0.15) is 0 Å². The number of pyridine rings is 1. The smallest absolute Gasteiger partial charge is 0.211 e. The molecule has 28 heavy (non-hydrogen) atoms. The Morgan fingerprint density at radius 2 is 2.11 bits per heavy atom. The fourth-order valence-corrected chi connectivity index (χ4v) is 4.05. The highest BCUT2D eigenvalue weighted by molar-refractivity contribution is 7.89. The third-order valence-electron chi connectivity index (χ3n) is 4.58. The van der Waals surface area contributed by atoms with Gasteiger partial charge < -0.3 is 9.47 Å². The molecule has 1 aliphatic heterocycles. The van der Waals surface area contributed by atoms with Crippen molar-refractivity contribution in [2.24, 2.45) is 5.92 Å². The van der Waals surface area contributed by atoms with Crippen LogP contribution in [0.4, 0.5) is 4.39 Å². The number of benzene rings is 1. The molecule has 0 saturated carbocycles. The van der Waals surface area contributed by atoms with Crippen LogP contribution in [0.25, 0.3) is 11.3 Å². The Balaban J connectivity index is 1.63. The molecule has 3 rings (SSSR count). The molecule has 2 aromatic rings. The van der Waals surface area contributed by atoms with E-state index in [0.29, 0.717) is 37.6 Å². The van der Waals surface area contributed by atoms with E-state index >= 15 is 0 Å². The zero-order chi connectivity index (χ0) is 20.1. The Bertz CT molecular complexity index is 909. The third-order valence-corrected chi connectivity index (χ3v) is 6.21. The van der Waals surface area contributed by atoms with Crippen molar-refractivity contribution in [3.63, 3.8) is 0 Å². The van der Waals surface area contributed by atoms with Gasteiger partial charge in [0.25, 0.3) is 0 Å². The largest absolute Gasteiger partial charge is 0.493 e. The second-order valence-electron chi connectivity index (χ2n) is 6.57. The van der Waals surface area contributed by atoms with Crippen molar-refractivity contribution in [3.05, 3.63) is 47.4 Å². The molecular formula is C19H22ClFN2O4S. The van der Waals surface area contributed by atoms with Crippen molar-refractivity contribution in [1.29, 1.82) is 0 Å². The van der Waals surface area contributed by atoms with Crippen LogP contribution < -0.4 is 9.46 Å². The number of halogens is 2. The predicted octanol–water partition coefficient (Wildman–Crippen LogP) is 3.26. The molecular weight excluding hydrogens is 407 g/mol. The lowest BCUT2D eigenvalue weighted by atomic mass is 9.98. The number of sulfonamides is 1. The molecule has 1 aromatic carbocycles. The van der Waals surface area contributed by atoms with Crippen LogP contribution in [0.5, 0.6) is 5.75 Å². The van der Waals surface area contributed by atoms with E-state index in [-0.39, 0.29) is 28.4 Å². The van der Waals surface area contributed by atoms with Crippen LogP contribution in [0.3, 0.4) is 0 Å². The fraction of sp³-hybridized carbons (Fsp3) is 0.421. The average Bonchev–Trinajstić information content (AvgIpc) is 2.68. The van der Waals surface area contributed by atoms with E-state index in [0.717, 1.165) is 0 Å². The van der Waals surface area contributed by atoms with Gasteiger partial charge in [0.2, 0.25) is 10.0 Å². The molecule has 9 heteroatoms. The molecule has 6 nitrogen and oxygen atoms in total. The molecule has 1 fully saturated rings. The Hall–Kier alpha value is -1.74. The second-order valence-corrected chi connectivity index (χ2v) is 9.05. The summed E-state index contributed by atoms with van der Waals surface area (Å²) < 4.78 is 51.7. The molecule has 0 aliphatic carbocycles. The van der Waals surface area contributed by atoms with Crippen LogP contribution in [0.2, 0.25) is 5.02 Å². The van der Waals surface area contributed by atoms with E-state index in [1.807, 2.05) is 0 Å². The summed E-state index contributed by atoms with van der Waals surface area (Å²) in [5, 5.41) is 0.240. The lowest BCUT2D eigenvalue weighted by Crippen LogP contribution is -2.47. The zero-order valence-corrected chi connectivity index (χ0v) is 17.0. The Morgan fingerprint density at radius 1 is 1.36 bits per heavy atom. The summed E-state index contributed by atoms with van der Waals surface area (Å²) in [4.78, 5) is 4.02.